The summed E-state index contributed by atoms with van der Waals surface area (Å²) in [6, 6.07) is 0. The number of hydrogen-bond acceptors (Lipinski definition) is 1. The first-order chi connectivity index (χ1) is 3.89. The van der Waals surface area contributed by atoms with E-state index in [0.29, 0.717) is 17.4 Å². The van der Waals surface area contributed by atoms with Crippen molar-refractivity contribution in [1.82, 2.24) is 0 Å². The fraction of sp³-hybridized carbons (Fsp3) is 1.00. The van der Waals surface area contributed by atoms with Crippen molar-refractivity contribution in [3.05, 3.63) is 0 Å². The zero-order valence-corrected chi connectivity index (χ0v) is 5.40. The Balaban J connectivity index is 1.97. The third-order valence-corrected chi connectivity index (χ3v) is 2.57. The van der Waals surface area contributed by atoms with Crippen LogP contribution in [-0.4, -0.2) is 18.1 Å². The van der Waals surface area contributed by atoms with Gasteiger partial charge in [0.2, 0.25) is 0 Å². The van der Waals surface area contributed by atoms with Crippen LogP contribution in [-0.2, 0) is 4.74 Å². The predicted octanol–water partition coefficient (Wildman–Crippen LogP) is 1.40. The molecule has 0 radical (unpaired) electrons. The van der Waals surface area contributed by atoms with Crippen LogP contribution in [0, 0.1) is 5.92 Å². The minimum atomic E-state index is 0.359. The lowest BCUT2D eigenvalue weighted by Crippen LogP contribution is -2.05. The van der Waals surface area contributed by atoms with Crippen LogP contribution in [0.2, 0.25) is 0 Å². The number of halogens is 1. The van der Waals surface area contributed by atoms with Crippen molar-refractivity contribution in [2.45, 2.75) is 24.3 Å². The number of alkyl halides is 1. The molecule has 3 atom stereocenters. The summed E-state index contributed by atoms with van der Waals surface area (Å²) in [5.74, 6) is 0.713. The molecule has 0 unspecified atom stereocenters. The van der Waals surface area contributed by atoms with Gasteiger partial charge in [-0.2, -0.15) is 0 Å². The zero-order chi connectivity index (χ0) is 5.56. The molecule has 0 aromatic heterocycles. The maximum atomic E-state index is 5.83. The van der Waals surface area contributed by atoms with Crippen molar-refractivity contribution in [3.63, 3.8) is 0 Å². The van der Waals surface area contributed by atoms with Gasteiger partial charge in [-0.05, 0) is 12.8 Å². The number of hydrogen-bond donors (Lipinski definition) is 0. The molecule has 0 spiro atoms. The van der Waals surface area contributed by atoms with Gasteiger partial charge in [-0.3, -0.25) is 0 Å². The Morgan fingerprint density at radius 1 is 1.50 bits per heavy atom. The minimum absolute atomic E-state index is 0.359. The average Bonchev–Trinajstić information content (AvgIpc) is 2.46. The second-order valence-electron chi connectivity index (χ2n) is 2.59. The molecule has 2 aliphatic rings. The Morgan fingerprint density at radius 3 is 2.88 bits per heavy atom. The molecule has 1 aliphatic carbocycles. The molecule has 1 saturated heterocycles. The number of rotatable bonds is 0. The van der Waals surface area contributed by atoms with E-state index in [0.717, 1.165) is 6.61 Å². The summed E-state index contributed by atoms with van der Waals surface area (Å²) in [5, 5.41) is 0.359. The Labute approximate surface area is 54.0 Å². The highest BCUT2D eigenvalue weighted by Crippen LogP contribution is 2.45. The van der Waals surface area contributed by atoms with Crippen molar-refractivity contribution < 1.29 is 4.74 Å². The molecule has 1 saturated carbocycles. The largest absolute Gasteiger partial charge is 0.376 e. The van der Waals surface area contributed by atoms with Gasteiger partial charge in [0, 0.05) is 12.5 Å². The van der Waals surface area contributed by atoms with Crippen molar-refractivity contribution in [2.24, 2.45) is 5.92 Å². The molecule has 8 heavy (non-hydrogen) atoms. The SMILES string of the molecule is Cl[C@@H]1[C@H]2CCCO[C@@H]12. The van der Waals surface area contributed by atoms with E-state index in [9.17, 15) is 0 Å². The molecule has 0 amide bonds. The number of ether oxygens (including phenoxy) is 1. The highest BCUT2D eigenvalue weighted by atomic mass is 35.5. The summed E-state index contributed by atoms with van der Waals surface area (Å²) in [6.45, 7) is 0.935. The maximum absolute atomic E-state index is 5.83. The van der Waals surface area contributed by atoms with Crippen LogP contribution in [0.25, 0.3) is 0 Å². The first kappa shape index (κ1) is 5.07. The van der Waals surface area contributed by atoms with Crippen LogP contribution < -0.4 is 0 Å². The molecule has 2 rings (SSSR count). The van der Waals surface area contributed by atoms with Crippen LogP contribution >= 0.6 is 11.6 Å². The standard InChI is InChI=1S/C6H9ClO/c7-5-4-2-1-3-8-6(4)5/h4-6H,1-3H2/t4-,5-,6-/m1/s1. The van der Waals surface area contributed by atoms with Gasteiger partial charge in [0.15, 0.2) is 0 Å². The molecule has 0 aromatic rings. The first-order valence-electron chi connectivity index (χ1n) is 3.15. The van der Waals surface area contributed by atoms with Gasteiger partial charge < -0.3 is 4.74 Å². The van der Waals surface area contributed by atoms with Crippen LogP contribution in [0.5, 0.6) is 0 Å². The molecule has 1 aliphatic heterocycles. The molecular formula is C6H9ClO. The van der Waals surface area contributed by atoms with E-state index in [1.54, 1.807) is 0 Å². The highest BCUT2D eigenvalue weighted by molar-refractivity contribution is 6.23. The predicted molar refractivity (Wildman–Crippen MR) is 32.1 cm³/mol. The molecule has 0 N–H and O–H groups in total. The first-order valence-corrected chi connectivity index (χ1v) is 3.59. The van der Waals surface area contributed by atoms with Gasteiger partial charge in [-0.25, -0.2) is 0 Å². The summed E-state index contributed by atoms with van der Waals surface area (Å²) < 4.78 is 5.33. The summed E-state index contributed by atoms with van der Waals surface area (Å²) in [4.78, 5) is 0. The molecule has 1 nitrogen and oxygen atoms in total. The lowest BCUT2D eigenvalue weighted by molar-refractivity contribution is 0.0801. The zero-order valence-electron chi connectivity index (χ0n) is 4.64. The summed E-state index contributed by atoms with van der Waals surface area (Å²) in [7, 11) is 0. The summed E-state index contributed by atoms with van der Waals surface area (Å²) in [5.41, 5.74) is 0. The lowest BCUT2D eigenvalue weighted by atomic mass is 10.2. The lowest BCUT2D eigenvalue weighted by Gasteiger charge is -2.06. The molecular weight excluding hydrogens is 124 g/mol. The van der Waals surface area contributed by atoms with Crippen molar-refractivity contribution in [3.8, 4) is 0 Å². The van der Waals surface area contributed by atoms with E-state index in [2.05, 4.69) is 0 Å². The molecule has 0 aromatic carbocycles. The molecule has 2 heteroatoms. The average molecular weight is 133 g/mol. The molecule has 2 fully saturated rings. The summed E-state index contributed by atoms with van der Waals surface area (Å²) in [6.07, 6.45) is 2.94. The Bertz CT molecular complexity index is 92.7. The maximum Gasteiger partial charge on any atom is 0.0785 e. The van der Waals surface area contributed by atoms with Gasteiger partial charge >= 0.3 is 0 Å². The van der Waals surface area contributed by atoms with Crippen LogP contribution in [0.3, 0.4) is 0 Å². The normalized spacial score (nSPS) is 52.9. The second kappa shape index (κ2) is 1.61. The van der Waals surface area contributed by atoms with Gasteiger partial charge in [0.05, 0.1) is 11.5 Å². The highest BCUT2D eigenvalue weighted by Gasteiger charge is 2.51. The van der Waals surface area contributed by atoms with E-state index in [1.807, 2.05) is 0 Å². The van der Waals surface area contributed by atoms with Crippen LogP contribution in [0.15, 0.2) is 0 Å². The molecule has 46 valence electrons. The van der Waals surface area contributed by atoms with E-state index in [4.69, 9.17) is 16.3 Å². The quantitative estimate of drug-likeness (QED) is 0.453. The fourth-order valence-corrected chi connectivity index (χ4v) is 1.83. The van der Waals surface area contributed by atoms with E-state index in [-0.39, 0.29) is 0 Å². The van der Waals surface area contributed by atoms with Crippen molar-refractivity contribution >= 4 is 11.6 Å². The van der Waals surface area contributed by atoms with Crippen LogP contribution in [0.1, 0.15) is 12.8 Å². The van der Waals surface area contributed by atoms with Crippen LogP contribution in [0.4, 0.5) is 0 Å². The molecule has 1 heterocycles. The van der Waals surface area contributed by atoms with E-state index >= 15 is 0 Å². The third-order valence-electron chi connectivity index (χ3n) is 2.00. The number of fused-ring (bicyclic) bond motifs is 1. The smallest absolute Gasteiger partial charge is 0.0785 e. The monoisotopic (exact) mass is 132 g/mol. The van der Waals surface area contributed by atoms with E-state index < -0.39 is 0 Å². The van der Waals surface area contributed by atoms with Gasteiger partial charge in [0.1, 0.15) is 0 Å². The van der Waals surface area contributed by atoms with Gasteiger partial charge in [-0.1, -0.05) is 0 Å². The van der Waals surface area contributed by atoms with Gasteiger partial charge in [-0.15, -0.1) is 11.6 Å². The Morgan fingerprint density at radius 2 is 2.38 bits per heavy atom. The topological polar surface area (TPSA) is 9.23 Å². The Kier molecular flexibility index (Phi) is 1.02. The van der Waals surface area contributed by atoms with Crippen molar-refractivity contribution in [2.75, 3.05) is 6.61 Å². The molecule has 0 bridgehead atoms. The van der Waals surface area contributed by atoms with Gasteiger partial charge in [0.25, 0.3) is 0 Å². The second-order valence-corrected chi connectivity index (χ2v) is 3.09. The minimum Gasteiger partial charge on any atom is -0.376 e. The van der Waals surface area contributed by atoms with E-state index in [1.165, 1.54) is 12.8 Å². The Hall–Kier alpha value is 0.250. The third kappa shape index (κ3) is 0.579. The fourth-order valence-electron chi connectivity index (χ4n) is 1.38. The summed E-state index contributed by atoms with van der Waals surface area (Å²) >= 11 is 5.83. The van der Waals surface area contributed by atoms with Crippen molar-refractivity contribution in [1.29, 1.82) is 0 Å².